The van der Waals surface area contributed by atoms with Crippen LogP contribution < -0.4 is 0 Å². The van der Waals surface area contributed by atoms with Gasteiger partial charge in [-0.3, -0.25) is 19.2 Å². The van der Waals surface area contributed by atoms with Gasteiger partial charge in [-0.2, -0.15) is 0 Å². The standard InChI is InChI=1S/C26H33ClO10/c1-10-8-9-16(33-13(4)28)25(7)17(11(2)19(34-14(5)29)20-23(25)36-20)21(35-15(6)30)26(32)12(3)24(31)37-22(26)18(10)27/h8-9,11-12,16-23,32H,1H2,2-7H3/b9-8-/t11-,12+,16+,17-,18+,19+,20+,21+,22+,23+,25-,26-/m1/s1. The number of halogens is 1. The molecule has 4 aliphatic rings. The SMILES string of the molecule is C=C1/C=C\[C@H](OC(C)=O)[C@]2(C)[C@H]([C@@H](C)[C@H](OC(C)=O)[C@@H]3O[C@@H]32)[C@H](OC(C)=O)[C@]2(O)[C@@H](C)C(=O)O[C@H]2[C@H]1Cl. The van der Waals surface area contributed by atoms with Crippen molar-refractivity contribution >= 4 is 35.5 Å². The van der Waals surface area contributed by atoms with Crippen LogP contribution in [0.1, 0.15) is 41.5 Å². The smallest absolute Gasteiger partial charge is 0.312 e. The number of aliphatic hydroxyl groups is 1. The molecule has 2 saturated heterocycles. The Balaban J connectivity index is 2.00. The average Bonchev–Trinajstić information content (AvgIpc) is 3.57. The molecule has 2 heterocycles. The lowest BCUT2D eigenvalue weighted by molar-refractivity contribution is -0.222. The first-order valence-electron chi connectivity index (χ1n) is 12.3. The number of allylic oxidation sites excluding steroid dienone is 1. The van der Waals surface area contributed by atoms with Gasteiger partial charge in [0.15, 0.2) is 11.7 Å². The predicted octanol–water partition coefficient (Wildman–Crippen LogP) is 1.85. The molecule has 1 saturated carbocycles. The summed E-state index contributed by atoms with van der Waals surface area (Å²) in [7, 11) is 0. The molecule has 2 aliphatic carbocycles. The van der Waals surface area contributed by atoms with Crippen molar-refractivity contribution in [3.8, 4) is 0 Å². The first-order chi connectivity index (χ1) is 17.1. The first kappa shape index (κ1) is 27.6. The number of hydrogen-bond acceptors (Lipinski definition) is 10. The minimum absolute atomic E-state index is 0.294. The number of rotatable bonds is 3. The fraction of sp³-hybridized carbons (Fsp3) is 0.692. The largest absolute Gasteiger partial charge is 0.459 e. The summed E-state index contributed by atoms with van der Waals surface area (Å²) >= 11 is 6.70. The number of carbonyl (C=O) groups excluding carboxylic acids is 4. The van der Waals surface area contributed by atoms with Gasteiger partial charge in [0.05, 0.1) is 17.4 Å². The van der Waals surface area contributed by atoms with E-state index in [0.717, 1.165) is 0 Å². The van der Waals surface area contributed by atoms with Crippen LogP contribution in [0.2, 0.25) is 0 Å². The van der Waals surface area contributed by atoms with Crippen LogP contribution in [0.25, 0.3) is 0 Å². The molecule has 11 heteroatoms. The third-order valence-electron chi connectivity index (χ3n) is 8.40. The first-order valence-corrected chi connectivity index (χ1v) is 12.7. The maximum atomic E-state index is 12.8. The topological polar surface area (TPSA) is 138 Å². The molecule has 0 radical (unpaired) electrons. The molecule has 37 heavy (non-hydrogen) atoms. The van der Waals surface area contributed by atoms with Crippen LogP contribution in [0.3, 0.4) is 0 Å². The molecule has 0 aromatic carbocycles. The summed E-state index contributed by atoms with van der Waals surface area (Å²) < 4.78 is 28.9. The van der Waals surface area contributed by atoms with Crippen LogP contribution in [-0.2, 0) is 42.9 Å². The third kappa shape index (κ3) is 4.27. The Morgan fingerprint density at radius 1 is 1.05 bits per heavy atom. The lowest BCUT2D eigenvalue weighted by atomic mass is 9.54. The van der Waals surface area contributed by atoms with Gasteiger partial charge in [0.1, 0.15) is 24.4 Å². The number of ether oxygens (including phenoxy) is 5. The zero-order valence-corrected chi connectivity index (χ0v) is 22.4. The monoisotopic (exact) mass is 540 g/mol. The summed E-state index contributed by atoms with van der Waals surface area (Å²) in [5.74, 6) is -5.12. The van der Waals surface area contributed by atoms with Crippen molar-refractivity contribution in [2.75, 3.05) is 0 Å². The number of fused-ring (bicyclic) bond motifs is 4. The Kier molecular flexibility index (Phi) is 7.01. The second-order valence-corrected chi connectivity index (χ2v) is 11.2. The summed E-state index contributed by atoms with van der Waals surface area (Å²) in [5.41, 5.74) is -2.91. The summed E-state index contributed by atoms with van der Waals surface area (Å²) in [6.07, 6.45) is -2.31. The van der Waals surface area contributed by atoms with Gasteiger partial charge < -0.3 is 28.8 Å². The van der Waals surface area contributed by atoms with E-state index in [0.29, 0.717) is 5.57 Å². The number of epoxide rings is 1. The van der Waals surface area contributed by atoms with Gasteiger partial charge in [0.2, 0.25) is 0 Å². The van der Waals surface area contributed by atoms with E-state index in [4.69, 9.17) is 35.3 Å². The molecular weight excluding hydrogens is 508 g/mol. The fourth-order valence-corrected chi connectivity index (χ4v) is 6.92. The van der Waals surface area contributed by atoms with Crippen molar-refractivity contribution in [1.82, 2.24) is 0 Å². The maximum Gasteiger partial charge on any atom is 0.312 e. The zero-order chi connectivity index (χ0) is 27.6. The van der Waals surface area contributed by atoms with Crippen molar-refractivity contribution in [3.63, 3.8) is 0 Å². The van der Waals surface area contributed by atoms with Gasteiger partial charge in [-0.1, -0.05) is 26.5 Å². The van der Waals surface area contributed by atoms with Gasteiger partial charge in [-0.05, 0) is 18.6 Å². The molecule has 0 aromatic heterocycles. The van der Waals surface area contributed by atoms with Crippen molar-refractivity contribution in [1.29, 1.82) is 0 Å². The molecular formula is C26H33ClO10. The number of hydrogen-bond donors (Lipinski definition) is 1. The Bertz CT molecular complexity index is 1060. The van der Waals surface area contributed by atoms with Crippen LogP contribution in [0.4, 0.5) is 0 Å². The quantitative estimate of drug-likeness (QED) is 0.244. The number of alkyl halides is 1. The molecule has 0 amide bonds. The van der Waals surface area contributed by atoms with Crippen LogP contribution in [0.5, 0.6) is 0 Å². The Morgan fingerprint density at radius 3 is 2.22 bits per heavy atom. The van der Waals surface area contributed by atoms with E-state index >= 15 is 0 Å². The summed E-state index contributed by atoms with van der Waals surface area (Å²) in [6, 6.07) is 0. The highest BCUT2D eigenvalue weighted by Gasteiger charge is 2.75. The van der Waals surface area contributed by atoms with Gasteiger partial charge in [0.25, 0.3) is 0 Å². The van der Waals surface area contributed by atoms with Gasteiger partial charge >= 0.3 is 23.9 Å². The molecule has 0 bridgehead atoms. The van der Waals surface area contributed by atoms with Gasteiger partial charge in [-0.25, -0.2) is 0 Å². The fourth-order valence-electron chi connectivity index (χ4n) is 6.60. The Labute approximate surface area is 220 Å². The van der Waals surface area contributed by atoms with Gasteiger partial charge in [-0.15, -0.1) is 11.6 Å². The van der Waals surface area contributed by atoms with Crippen molar-refractivity contribution in [2.24, 2.45) is 23.2 Å². The van der Waals surface area contributed by atoms with E-state index in [2.05, 4.69) is 6.58 Å². The van der Waals surface area contributed by atoms with Crippen molar-refractivity contribution < 1.29 is 48.0 Å². The van der Waals surface area contributed by atoms with E-state index in [1.807, 2.05) is 0 Å². The zero-order valence-electron chi connectivity index (χ0n) is 21.6. The van der Waals surface area contributed by atoms with E-state index in [1.165, 1.54) is 27.7 Å². The molecule has 10 nitrogen and oxygen atoms in total. The normalized spacial score (nSPS) is 47.4. The minimum Gasteiger partial charge on any atom is -0.459 e. The molecule has 0 aromatic rings. The molecule has 3 fully saturated rings. The Morgan fingerprint density at radius 2 is 1.65 bits per heavy atom. The highest BCUT2D eigenvalue weighted by Crippen LogP contribution is 2.61. The lowest BCUT2D eigenvalue weighted by Gasteiger charge is -2.54. The van der Waals surface area contributed by atoms with Crippen molar-refractivity contribution in [3.05, 3.63) is 24.3 Å². The maximum absolute atomic E-state index is 12.8. The number of esters is 4. The van der Waals surface area contributed by atoms with E-state index in [-0.39, 0.29) is 0 Å². The highest BCUT2D eigenvalue weighted by molar-refractivity contribution is 6.23. The molecule has 204 valence electrons. The van der Waals surface area contributed by atoms with Crippen LogP contribution in [-0.4, -0.2) is 76.6 Å². The molecule has 1 N–H and O–H groups in total. The summed E-state index contributed by atoms with van der Waals surface area (Å²) in [4.78, 5) is 49.6. The summed E-state index contributed by atoms with van der Waals surface area (Å²) in [5, 5.41) is 11.3. The van der Waals surface area contributed by atoms with Crippen molar-refractivity contribution in [2.45, 2.75) is 89.1 Å². The van der Waals surface area contributed by atoms with E-state index < -0.39 is 94.6 Å². The molecule has 0 unspecified atom stereocenters. The predicted molar refractivity (Wildman–Crippen MR) is 128 cm³/mol. The molecule has 2 aliphatic heterocycles. The number of carbonyl (C=O) groups is 4. The van der Waals surface area contributed by atoms with Crippen LogP contribution >= 0.6 is 11.6 Å². The van der Waals surface area contributed by atoms with Crippen LogP contribution in [0.15, 0.2) is 24.3 Å². The second kappa shape index (κ2) is 9.39. The Hall–Kier alpha value is -2.43. The molecule has 0 spiro atoms. The van der Waals surface area contributed by atoms with E-state index in [9.17, 15) is 24.3 Å². The third-order valence-corrected chi connectivity index (χ3v) is 8.91. The molecule has 12 atom stereocenters. The minimum atomic E-state index is -2.10. The van der Waals surface area contributed by atoms with Gasteiger partial charge in [0, 0.05) is 38.0 Å². The van der Waals surface area contributed by atoms with E-state index in [1.54, 1.807) is 26.0 Å². The average molecular weight is 541 g/mol. The van der Waals surface area contributed by atoms with Crippen LogP contribution in [0, 0.1) is 23.2 Å². The summed E-state index contributed by atoms with van der Waals surface area (Å²) in [6.45, 7) is 12.8. The lowest BCUT2D eigenvalue weighted by Crippen LogP contribution is -2.68. The molecule has 4 rings (SSSR count). The second-order valence-electron chi connectivity index (χ2n) is 10.7. The highest BCUT2D eigenvalue weighted by atomic mass is 35.5.